The molecule has 1 atom stereocenters. The fourth-order valence-corrected chi connectivity index (χ4v) is 3.95. The minimum absolute atomic E-state index is 0.239. The van der Waals surface area contributed by atoms with Gasteiger partial charge in [0, 0.05) is 29.6 Å². The number of nitrogens with zero attached hydrogens (tertiary/aromatic N) is 2. The molecular formula is C15H27N3S. The van der Waals surface area contributed by atoms with Gasteiger partial charge in [-0.15, -0.1) is 11.3 Å². The van der Waals surface area contributed by atoms with E-state index in [1.165, 1.54) is 35.8 Å². The van der Waals surface area contributed by atoms with E-state index in [0.29, 0.717) is 6.04 Å². The molecule has 1 unspecified atom stereocenters. The molecule has 0 aliphatic carbocycles. The Labute approximate surface area is 121 Å². The average molecular weight is 281 g/mol. The van der Waals surface area contributed by atoms with Crippen molar-refractivity contribution in [3.63, 3.8) is 0 Å². The Kier molecular flexibility index (Phi) is 5.37. The number of piperidine rings is 1. The maximum absolute atomic E-state index is 5.83. The lowest BCUT2D eigenvalue weighted by molar-refractivity contribution is 0.149. The first kappa shape index (κ1) is 14.9. The molecule has 1 aromatic rings. The molecule has 0 saturated carbocycles. The topological polar surface area (TPSA) is 42.1 Å². The summed E-state index contributed by atoms with van der Waals surface area (Å²) in [5, 5.41) is 1.30. The van der Waals surface area contributed by atoms with Crippen LogP contribution in [0.25, 0.3) is 0 Å². The number of nitrogens with two attached hydrogens (primary N) is 1. The first-order valence-corrected chi connectivity index (χ1v) is 8.29. The Morgan fingerprint density at radius 1 is 1.37 bits per heavy atom. The molecule has 0 radical (unpaired) electrons. The normalized spacial score (nSPS) is 20.1. The van der Waals surface area contributed by atoms with Gasteiger partial charge in [-0.3, -0.25) is 0 Å². The number of hydrogen-bond acceptors (Lipinski definition) is 4. The number of likely N-dealkylation sites (tertiary alicyclic amines) is 1. The van der Waals surface area contributed by atoms with E-state index in [9.17, 15) is 0 Å². The molecule has 0 spiro atoms. The minimum Gasteiger partial charge on any atom is -0.328 e. The van der Waals surface area contributed by atoms with Crippen LogP contribution in [-0.4, -0.2) is 35.1 Å². The lowest BCUT2D eigenvalue weighted by Crippen LogP contribution is -2.38. The van der Waals surface area contributed by atoms with E-state index in [2.05, 4.69) is 30.7 Å². The van der Waals surface area contributed by atoms with Gasteiger partial charge in [-0.1, -0.05) is 0 Å². The van der Waals surface area contributed by atoms with Crippen molar-refractivity contribution in [2.45, 2.75) is 58.5 Å². The SMILES string of the molecule is CC(N)Cc1cnc(CC2CCN(C(C)C)CC2)s1. The highest BCUT2D eigenvalue weighted by Crippen LogP contribution is 2.25. The number of aromatic nitrogens is 1. The van der Waals surface area contributed by atoms with Crippen molar-refractivity contribution in [3.05, 3.63) is 16.1 Å². The van der Waals surface area contributed by atoms with E-state index < -0.39 is 0 Å². The second-order valence-electron chi connectivity index (χ2n) is 6.18. The summed E-state index contributed by atoms with van der Waals surface area (Å²) >= 11 is 1.86. The molecule has 2 rings (SSSR count). The zero-order valence-electron chi connectivity index (χ0n) is 12.4. The van der Waals surface area contributed by atoms with Gasteiger partial charge >= 0.3 is 0 Å². The monoisotopic (exact) mass is 281 g/mol. The molecule has 0 bridgehead atoms. The molecule has 1 aromatic heterocycles. The molecule has 3 nitrogen and oxygen atoms in total. The molecule has 0 aromatic carbocycles. The first-order valence-electron chi connectivity index (χ1n) is 7.47. The van der Waals surface area contributed by atoms with Crippen LogP contribution in [0.4, 0.5) is 0 Å². The zero-order chi connectivity index (χ0) is 13.8. The molecule has 4 heteroatoms. The van der Waals surface area contributed by atoms with Crippen LogP contribution >= 0.6 is 11.3 Å². The lowest BCUT2D eigenvalue weighted by Gasteiger charge is -2.34. The maximum atomic E-state index is 5.83. The first-order chi connectivity index (χ1) is 9.04. The van der Waals surface area contributed by atoms with Gasteiger partial charge in [-0.2, -0.15) is 0 Å². The Bertz CT molecular complexity index is 378. The van der Waals surface area contributed by atoms with Crippen LogP contribution in [0, 0.1) is 5.92 Å². The summed E-state index contributed by atoms with van der Waals surface area (Å²) in [7, 11) is 0. The van der Waals surface area contributed by atoms with Crippen molar-refractivity contribution in [2.24, 2.45) is 11.7 Å². The third kappa shape index (κ3) is 4.55. The average Bonchev–Trinajstić information content (AvgIpc) is 2.76. The van der Waals surface area contributed by atoms with E-state index in [1.807, 2.05) is 17.5 Å². The van der Waals surface area contributed by atoms with Crippen molar-refractivity contribution < 1.29 is 0 Å². The molecule has 0 amide bonds. The van der Waals surface area contributed by atoms with E-state index in [1.54, 1.807) is 0 Å². The van der Waals surface area contributed by atoms with Gasteiger partial charge in [-0.05, 0) is 59.0 Å². The van der Waals surface area contributed by atoms with E-state index in [0.717, 1.165) is 18.8 Å². The standard InChI is InChI=1S/C15H27N3S/c1-11(2)18-6-4-13(5-7-18)9-15-17-10-14(19-15)8-12(3)16/h10-13H,4-9,16H2,1-3H3. The largest absolute Gasteiger partial charge is 0.328 e. The Hall–Kier alpha value is -0.450. The van der Waals surface area contributed by atoms with E-state index in [-0.39, 0.29) is 6.04 Å². The fourth-order valence-electron chi connectivity index (χ4n) is 2.77. The summed E-state index contributed by atoms with van der Waals surface area (Å²) in [5.41, 5.74) is 5.83. The highest BCUT2D eigenvalue weighted by molar-refractivity contribution is 7.11. The van der Waals surface area contributed by atoms with Crippen molar-refractivity contribution in [1.29, 1.82) is 0 Å². The molecule has 19 heavy (non-hydrogen) atoms. The predicted octanol–water partition coefficient (Wildman–Crippen LogP) is 2.70. The van der Waals surface area contributed by atoms with Crippen LogP contribution in [0.5, 0.6) is 0 Å². The molecule has 1 fully saturated rings. The third-order valence-corrected chi connectivity index (χ3v) is 5.01. The second-order valence-corrected chi connectivity index (χ2v) is 7.38. The van der Waals surface area contributed by atoms with Crippen LogP contribution in [0.15, 0.2) is 6.20 Å². The van der Waals surface area contributed by atoms with Gasteiger partial charge in [0.2, 0.25) is 0 Å². The highest BCUT2D eigenvalue weighted by atomic mass is 32.1. The van der Waals surface area contributed by atoms with Crippen molar-refractivity contribution in [2.75, 3.05) is 13.1 Å². The molecule has 1 aliphatic heterocycles. The molecule has 108 valence electrons. The summed E-state index contributed by atoms with van der Waals surface area (Å²) in [5.74, 6) is 0.823. The fraction of sp³-hybridized carbons (Fsp3) is 0.800. The summed E-state index contributed by atoms with van der Waals surface area (Å²) < 4.78 is 0. The smallest absolute Gasteiger partial charge is 0.0930 e. The maximum Gasteiger partial charge on any atom is 0.0930 e. The quantitative estimate of drug-likeness (QED) is 0.902. The summed E-state index contributed by atoms with van der Waals surface area (Å²) in [4.78, 5) is 8.49. The van der Waals surface area contributed by atoms with Gasteiger partial charge < -0.3 is 10.6 Å². The molecule has 1 saturated heterocycles. The van der Waals surface area contributed by atoms with Gasteiger partial charge in [0.25, 0.3) is 0 Å². The van der Waals surface area contributed by atoms with Gasteiger partial charge in [0.15, 0.2) is 0 Å². The number of rotatable bonds is 5. The van der Waals surface area contributed by atoms with Gasteiger partial charge in [0.1, 0.15) is 0 Å². The zero-order valence-corrected chi connectivity index (χ0v) is 13.2. The van der Waals surface area contributed by atoms with Crippen LogP contribution in [-0.2, 0) is 12.8 Å². The van der Waals surface area contributed by atoms with Gasteiger partial charge in [-0.25, -0.2) is 4.98 Å². The Balaban J connectivity index is 1.80. The second kappa shape index (κ2) is 6.82. The van der Waals surface area contributed by atoms with Crippen LogP contribution in [0.3, 0.4) is 0 Å². The molecule has 2 heterocycles. The van der Waals surface area contributed by atoms with Gasteiger partial charge in [0.05, 0.1) is 5.01 Å². The molecular weight excluding hydrogens is 254 g/mol. The summed E-state index contributed by atoms with van der Waals surface area (Å²) in [6.07, 6.45) is 6.78. The molecule has 1 aliphatic rings. The van der Waals surface area contributed by atoms with Crippen molar-refractivity contribution in [1.82, 2.24) is 9.88 Å². The highest BCUT2D eigenvalue weighted by Gasteiger charge is 2.21. The van der Waals surface area contributed by atoms with Crippen LogP contribution < -0.4 is 5.73 Å². The molecule has 2 N–H and O–H groups in total. The Morgan fingerprint density at radius 3 is 2.63 bits per heavy atom. The van der Waals surface area contributed by atoms with Crippen molar-refractivity contribution >= 4 is 11.3 Å². The van der Waals surface area contributed by atoms with Crippen molar-refractivity contribution in [3.8, 4) is 0 Å². The minimum atomic E-state index is 0.239. The van der Waals surface area contributed by atoms with E-state index in [4.69, 9.17) is 5.73 Å². The predicted molar refractivity (Wildman–Crippen MR) is 82.6 cm³/mol. The summed E-state index contributed by atoms with van der Waals surface area (Å²) in [6, 6.07) is 0.932. The van der Waals surface area contributed by atoms with E-state index >= 15 is 0 Å². The van der Waals surface area contributed by atoms with Crippen LogP contribution in [0.2, 0.25) is 0 Å². The Morgan fingerprint density at radius 2 is 2.05 bits per heavy atom. The third-order valence-electron chi connectivity index (χ3n) is 3.97. The summed E-state index contributed by atoms with van der Waals surface area (Å²) in [6.45, 7) is 9.14. The number of thiazole rings is 1. The number of hydrogen-bond donors (Lipinski definition) is 1. The lowest BCUT2D eigenvalue weighted by atomic mass is 9.93. The van der Waals surface area contributed by atoms with Crippen LogP contribution in [0.1, 0.15) is 43.5 Å².